The van der Waals surface area contributed by atoms with Gasteiger partial charge in [0.15, 0.2) is 0 Å². The van der Waals surface area contributed by atoms with E-state index in [9.17, 15) is 44.3 Å². The summed E-state index contributed by atoms with van der Waals surface area (Å²) in [6.07, 6.45) is -13.7. The molecule has 16 heteroatoms. The van der Waals surface area contributed by atoms with Gasteiger partial charge in [0, 0.05) is 24.7 Å². The van der Waals surface area contributed by atoms with Gasteiger partial charge in [0.1, 0.15) is 0 Å². The molecule has 0 unspecified atom stereocenters. The van der Waals surface area contributed by atoms with Gasteiger partial charge in [0.25, 0.3) is 5.95 Å². The zero-order valence-corrected chi connectivity index (χ0v) is 24.8. The number of benzene rings is 2. The molecule has 2 aromatic carbocycles. The summed E-state index contributed by atoms with van der Waals surface area (Å²) >= 11 is 0. The second-order valence-corrected chi connectivity index (χ2v) is 11.0. The highest BCUT2D eigenvalue weighted by Gasteiger charge is 2.40. The highest BCUT2D eigenvalue weighted by atomic mass is 19.4. The Labute approximate surface area is 253 Å². The number of fused-ring (bicyclic) bond motifs is 1. The number of halogens is 9. The Balaban J connectivity index is 1.94. The summed E-state index contributed by atoms with van der Waals surface area (Å²) in [6.45, 7) is 4.28. The minimum atomic E-state index is -5.10. The van der Waals surface area contributed by atoms with E-state index in [4.69, 9.17) is 0 Å². The highest BCUT2D eigenvalue weighted by Crippen LogP contribution is 2.44. The molecule has 3 aromatic rings. The average molecular weight is 651 g/mol. The number of alkyl halides is 9. The lowest BCUT2D eigenvalue weighted by Gasteiger charge is -2.33. The van der Waals surface area contributed by atoms with Crippen molar-refractivity contribution in [2.24, 2.45) is 13.0 Å². The van der Waals surface area contributed by atoms with Gasteiger partial charge in [-0.3, -0.25) is 4.79 Å². The maximum Gasteiger partial charge on any atom is 0.416 e. The molecule has 2 heterocycles. The molecule has 0 saturated heterocycles. The monoisotopic (exact) mass is 650 g/mol. The smallest absolute Gasteiger partial charge is 0.327 e. The van der Waals surface area contributed by atoms with Crippen molar-refractivity contribution in [3.05, 3.63) is 63.7 Å². The summed E-state index contributed by atoms with van der Waals surface area (Å²) in [5.41, 5.74) is -4.38. The van der Waals surface area contributed by atoms with E-state index in [1.165, 1.54) is 29.8 Å². The second kappa shape index (κ2) is 12.5. The van der Waals surface area contributed by atoms with Crippen molar-refractivity contribution in [3.63, 3.8) is 0 Å². The van der Waals surface area contributed by atoms with Crippen LogP contribution in [0.5, 0.6) is 0 Å². The largest absolute Gasteiger partial charge is 0.416 e. The van der Waals surface area contributed by atoms with Crippen molar-refractivity contribution in [3.8, 4) is 0 Å². The van der Waals surface area contributed by atoms with Gasteiger partial charge in [-0.15, -0.1) is 5.10 Å². The first-order valence-corrected chi connectivity index (χ1v) is 14.2. The summed E-state index contributed by atoms with van der Waals surface area (Å²) in [6, 6.07) is 2.37. The Kier molecular flexibility index (Phi) is 9.46. The fourth-order valence-corrected chi connectivity index (χ4v) is 5.67. The van der Waals surface area contributed by atoms with E-state index in [2.05, 4.69) is 15.4 Å². The van der Waals surface area contributed by atoms with Gasteiger partial charge in [0.05, 0.1) is 29.8 Å². The van der Waals surface area contributed by atoms with Crippen LogP contribution in [0.25, 0.3) is 0 Å². The SMILES string of the molecule is CCC(CC)C(=O)N1CCC[C@H](N(Cc2cc(C(F)(F)F)cc(C(F)(F)F)c2)c2nnn(C)n2)c2cc(C)c(C(F)(F)F)cc21. The Hall–Kier alpha value is -3.85. The van der Waals surface area contributed by atoms with Crippen LogP contribution >= 0.6 is 0 Å². The lowest BCUT2D eigenvalue weighted by molar-refractivity contribution is -0.143. The average Bonchev–Trinajstić information content (AvgIpc) is 3.28. The first kappa shape index (κ1) is 34.0. The number of rotatable bonds is 7. The first-order chi connectivity index (χ1) is 20.8. The fraction of sp³-hybridized carbons (Fsp3) is 0.517. The quantitative estimate of drug-likeness (QED) is 0.244. The molecule has 0 fully saturated rings. The minimum Gasteiger partial charge on any atom is -0.327 e. The maximum absolute atomic E-state index is 14.1. The van der Waals surface area contributed by atoms with Crippen molar-refractivity contribution < 1.29 is 44.3 Å². The van der Waals surface area contributed by atoms with Crippen LogP contribution in [0.3, 0.4) is 0 Å². The topological polar surface area (TPSA) is 67.2 Å². The number of aryl methyl sites for hydroxylation is 2. The molecule has 45 heavy (non-hydrogen) atoms. The molecule has 0 saturated carbocycles. The Morgan fingerprint density at radius 3 is 2.02 bits per heavy atom. The summed E-state index contributed by atoms with van der Waals surface area (Å²) in [5.74, 6) is -1.03. The summed E-state index contributed by atoms with van der Waals surface area (Å²) in [4.78, 5) is 17.3. The van der Waals surface area contributed by atoms with Crippen LogP contribution in [0.1, 0.15) is 79.0 Å². The van der Waals surface area contributed by atoms with Crippen molar-refractivity contribution in [2.45, 2.75) is 77.6 Å². The number of tetrazole rings is 1. The van der Waals surface area contributed by atoms with E-state index < -0.39 is 53.7 Å². The predicted octanol–water partition coefficient (Wildman–Crippen LogP) is 7.89. The fourth-order valence-electron chi connectivity index (χ4n) is 5.67. The van der Waals surface area contributed by atoms with Gasteiger partial charge in [-0.1, -0.05) is 25.0 Å². The maximum atomic E-state index is 14.1. The Morgan fingerprint density at radius 1 is 0.933 bits per heavy atom. The third-order valence-corrected chi connectivity index (χ3v) is 7.92. The summed E-state index contributed by atoms with van der Waals surface area (Å²) < 4.78 is 124. The third-order valence-electron chi connectivity index (χ3n) is 7.92. The van der Waals surface area contributed by atoms with Crippen LogP contribution in [0, 0.1) is 12.8 Å². The molecular weight excluding hydrogens is 619 g/mol. The molecule has 1 amide bonds. The van der Waals surface area contributed by atoms with E-state index in [1.54, 1.807) is 13.8 Å². The van der Waals surface area contributed by atoms with E-state index in [0.717, 1.165) is 10.9 Å². The van der Waals surface area contributed by atoms with Gasteiger partial charge in [-0.05, 0) is 78.8 Å². The number of amides is 1. The van der Waals surface area contributed by atoms with E-state index in [0.29, 0.717) is 25.0 Å². The van der Waals surface area contributed by atoms with Crippen LogP contribution < -0.4 is 9.80 Å². The zero-order valence-electron chi connectivity index (χ0n) is 24.8. The van der Waals surface area contributed by atoms with E-state index >= 15 is 0 Å². The molecular formula is C29H31F9N6O. The minimum absolute atomic E-state index is 0.0127. The van der Waals surface area contributed by atoms with Crippen molar-refractivity contribution >= 4 is 17.5 Å². The zero-order chi connectivity index (χ0) is 33.5. The van der Waals surface area contributed by atoms with Gasteiger partial charge in [-0.2, -0.15) is 44.3 Å². The second-order valence-electron chi connectivity index (χ2n) is 11.0. The summed E-state index contributed by atoms with van der Waals surface area (Å²) in [5, 5.41) is 11.8. The van der Waals surface area contributed by atoms with Gasteiger partial charge in [-0.25, -0.2) is 0 Å². The Morgan fingerprint density at radius 2 is 1.53 bits per heavy atom. The molecule has 1 aliphatic rings. The highest BCUT2D eigenvalue weighted by molar-refractivity contribution is 5.96. The molecule has 4 rings (SSSR count). The van der Waals surface area contributed by atoms with Crippen molar-refractivity contribution in [1.82, 2.24) is 20.2 Å². The van der Waals surface area contributed by atoms with Crippen LogP contribution in [-0.4, -0.2) is 32.7 Å². The number of carbonyl (C=O) groups is 1. The van der Waals surface area contributed by atoms with Crippen molar-refractivity contribution in [2.75, 3.05) is 16.3 Å². The van der Waals surface area contributed by atoms with Crippen molar-refractivity contribution in [1.29, 1.82) is 0 Å². The number of carbonyl (C=O) groups excluding carboxylic acids is 1. The first-order valence-electron chi connectivity index (χ1n) is 14.2. The number of aromatic nitrogens is 4. The number of hydrogen-bond donors (Lipinski definition) is 0. The molecule has 0 bridgehead atoms. The standard InChI is InChI=1S/C29H31F9N6O/c1-5-18(6-2)25(45)43-9-7-8-23(21-10-16(3)22(14-24(21)43)29(36,37)38)44(26-39-41-42(4)40-26)15-17-11-19(27(30,31)32)13-20(12-17)28(33,34)35/h10-14,18,23H,5-9,15H2,1-4H3/t23-/m0/s1. The van der Waals surface area contributed by atoms with E-state index in [-0.39, 0.29) is 59.7 Å². The molecule has 1 aromatic heterocycles. The van der Waals surface area contributed by atoms with Gasteiger partial charge >= 0.3 is 18.5 Å². The molecule has 0 radical (unpaired) electrons. The van der Waals surface area contributed by atoms with Crippen LogP contribution in [0.2, 0.25) is 0 Å². The lowest BCUT2D eigenvalue weighted by atomic mass is 9.93. The number of anilines is 2. The molecule has 7 nitrogen and oxygen atoms in total. The molecule has 0 N–H and O–H groups in total. The van der Waals surface area contributed by atoms with Crippen LogP contribution in [-0.2, 0) is 36.9 Å². The molecule has 1 aliphatic heterocycles. The number of hydrogen-bond acceptors (Lipinski definition) is 5. The Bertz CT molecular complexity index is 1490. The van der Waals surface area contributed by atoms with Crippen LogP contribution in [0.4, 0.5) is 51.1 Å². The molecule has 0 aliphatic carbocycles. The van der Waals surface area contributed by atoms with E-state index in [1.807, 2.05) is 0 Å². The molecule has 1 atom stereocenters. The summed E-state index contributed by atoms with van der Waals surface area (Å²) in [7, 11) is 1.40. The van der Waals surface area contributed by atoms with Gasteiger partial charge in [0.2, 0.25) is 5.91 Å². The molecule has 0 spiro atoms. The number of nitrogens with zero attached hydrogens (tertiary/aromatic N) is 6. The van der Waals surface area contributed by atoms with Gasteiger partial charge < -0.3 is 9.80 Å². The predicted molar refractivity (Wildman–Crippen MR) is 146 cm³/mol. The normalized spacial score (nSPS) is 16.1. The van der Waals surface area contributed by atoms with Crippen LogP contribution in [0.15, 0.2) is 30.3 Å². The molecule has 246 valence electrons. The third kappa shape index (κ3) is 7.35. The lowest BCUT2D eigenvalue weighted by Crippen LogP contribution is -2.37.